The van der Waals surface area contributed by atoms with Gasteiger partial charge >= 0.3 is 0 Å². The van der Waals surface area contributed by atoms with E-state index >= 15 is 0 Å². The van der Waals surface area contributed by atoms with Crippen molar-refractivity contribution in [3.8, 4) is 0 Å². The Kier molecular flexibility index (Phi) is 4.91. The highest BCUT2D eigenvalue weighted by Gasteiger charge is 2.32. The molecule has 3 rings (SSSR count). The van der Waals surface area contributed by atoms with Crippen LogP contribution < -0.4 is 5.32 Å². The second kappa shape index (κ2) is 7.10. The van der Waals surface area contributed by atoms with Gasteiger partial charge in [-0.3, -0.25) is 19.1 Å². The van der Waals surface area contributed by atoms with Crippen molar-refractivity contribution in [2.45, 2.75) is 25.6 Å². The fourth-order valence-corrected chi connectivity index (χ4v) is 2.94. The molecule has 2 aromatic heterocycles. The van der Waals surface area contributed by atoms with Gasteiger partial charge in [0.2, 0.25) is 0 Å². The monoisotopic (exact) mass is 333 g/mol. The molecule has 1 aliphatic rings. The van der Waals surface area contributed by atoms with Crippen LogP contribution >= 0.6 is 0 Å². The minimum atomic E-state index is -0.239. The summed E-state index contributed by atoms with van der Waals surface area (Å²) in [6, 6.07) is 0.0547. The number of likely N-dealkylation sites (N-methyl/N-ethyl adjacent to an activating group) is 1. The van der Waals surface area contributed by atoms with E-state index in [1.165, 1.54) is 0 Å². The van der Waals surface area contributed by atoms with Crippen molar-refractivity contribution in [2.75, 3.05) is 26.7 Å². The maximum atomic E-state index is 12.2. The molecule has 1 aliphatic heterocycles. The quantitative estimate of drug-likeness (QED) is 0.817. The van der Waals surface area contributed by atoms with E-state index in [-0.39, 0.29) is 18.1 Å². The highest BCUT2D eigenvalue weighted by molar-refractivity contribution is 5.91. The van der Waals surface area contributed by atoms with Crippen LogP contribution in [0.4, 0.5) is 0 Å². The first kappa shape index (κ1) is 16.6. The lowest BCUT2D eigenvalue weighted by Gasteiger charge is -2.38. The van der Waals surface area contributed by atoms with Gasteiger partial charge in [-0.2, -0.15) is 5.10 Å². The average molecular weight is 333 g/mol. The van der Waals surface area contributed by atoms with Crippen molar-refractivity contribution in [2.24, 2.45) is 7.05 Å². The van der Waals surface area contributed by atoms with Gasteiger partial charge in [0, 0.05) is 38.4 Å². The van der Waals surface area contributed by atoms with Crippen LogP contribution in [-0.4, -0.2) is 68.4 Å². The molecule has 2 aromatic rings. The first-order valence-electron chi connectivity index (χ1n) is 8.07. The van der Waals surface area contributed by atoms with E-state index in [9.17, 15) is 4.79 Å². The van der Waals surface area contributed by atoms with Gasteiger partial charge in [0.1, 0.15) is 0 Å². The molecule has 9 nitrogen and oxygen atoms in total. The van der Waals surface area contributed by atoms with Crippen molar-refractivity contribution >= 4 is 5.91 Å². The summed E-state index contributed by atoms with van der Waals surface area (Å²) in [5.41, 5.74) is 1.40. The number of aryl methyl sites for hydroxylation is 2. The molecule has 0 bridgehead atoms. The van der Waals surface area contributed by atoms with Crippen LogP contribution in [0.15, 0.2) is 18.6 Å². The fourth-order valence-electron chi connectivity index (χ4n) is 2.94. The topological polar surface area (TPSA) is 90.1 Å². The summed E-state index contributed by atoms with van der Waals surface area (Å²) in [6.07, 6.45) is 5.33. The normalized spacial score (nSPS) is 21.8. The zero-order chi connectivity index (χ0) is 17.1. The number of hydrogen-bond donors (Lipinski definition) is 1. The van der Waals surface area contributed by atoms with Gasteiger partial charge in [-0.05, 0) is 14.0 Å². The Hall–Kier alpha value is -2.26. The highest BCUT2D eigenvalue weighted by Crippen LogP contribution is 2.27. The summed E-state index contributed by atoms with van der Waals surface area (Å²) in [5, 5.41) is 14.9. The van der Waals surface area contributed by atoms with Crippen LogP contribution in [0.25, 0.3) is 0 Å². The van der Waals surface area contributed by atoms with Gasteiger partial charge < -0.3 is 10.1 Å². The van der Waals surface area contributed by atoms with Crippen LogP contribution in [0.2, 0.25) is 0 Å². The van der Waals surface area contributed by atoms with Crippen molar-refractivity contribution in [1.29, 1.82) is 0 Å². The van der Waals surface area contributed by atoms with Crippen molar-refractivity contribution in [3.05, 3.63) is 29.8 Å². The molecule has 0 saturated carbocycles. The molecule has 0 unspecified atom stereocenters. The first-order valence-corrected chi connectivity index (χ1v) is 8.07. The summed E-state index contributed by atoms with van der Waals surface area (Å²) in [4.78, 5) is 14.5. The number of amides is 1. The maximum Gasteiger partial charge on any atom is 0.273 e. The number of nitrogens with zero attached hydrogens (tertiary/aromatic N) is 6. The van der Waals surface area contributed by atoms with Crippen LogP contribution in [0.3, 0.4) is 0 Å². The summed E-state index contributed by atoms with van der Waals surface area (Å²) in [6.45, 7) is 4.51. The Labute approximate surface area is 140 Å². The number of ether oxygens (including phenoxy) is 1. The minimum Gasteiger partial charge on any atom is -0.373 e. The number of aromatic nitrogens is 5. The summed E-state index contributed by atoms with van der Waals surface area (Å²) in [5.74, 6) is -0.239. The highest BCUT2D eigenvalue weighted by atomic mass is 16.5. The van der Waals surface area contributed by atoms with E-state index < -0.39 is 0 Å². The van der Waals surface area contributed by atoms with Crippen LogP contribution in [-0.2, 0) is 18.3 Å². The molecule has 1 amide bonds. The van der Waals surface area contributed by atoms with Gasteiger partial charge in [0.05, 0.1) is 31.1 Å². The smallest absolute Gasteiger partial charge is 0.273 e. The lowest BCUT2D eigenvalue weighted by Crippen LogP contribution is -2.48. The number of hydrogen-bond acceptors (Lipinski definition) is 6. The summed E-state index contributed by atoms with van der Waals surface area (Å²) < 4.78 is 9.30. The summed E-state index contributed by atoms with van der Waals surface area (Å²) in [7, 11) is 3.95. The second-order valence-corrected chi connectivity index (χ2v) is 5.95. The molecule has 9 heteroatoms. The third-order valence-electron chi connectivity index (χ3n) is 4.23. The van der Waals surface area contributed by atoms with E-state index in [0.29, 0.717) is 25.4 Å². The van der Waals surface area contributed by atoms with E-state index in [4.69, 9.17) is 4.74 Å². The number of morpholine rings is 1. The zero-order valence-electron chi connectivity index (χ0n) is 14.2. The molecular weight excluding hydrogens is 310 g/mol. The molecule has 1 fully saturated rings. The number of carbonyl (C=O) groups is 1. The molecule has 24 heavy (non-hydrogen) atoms. The standard InChI is InChI=1S/C15H23N7O2/c1-4-22-10-12(18-19-22)15(23)16-8-13-14(20(2)5-6-24-13)11-7-17-21(3)9-11/h7,9-10,13-14H,4-6,8H2,1-3H3,(H,16,23)/t13-,14-/m0/s1. The molecule has 0 spiro atoms. The lowest BCUT2D eigenvalue weighted by atomic mass is 10.0. The van der Waals surface area contributed by atoms with Gasteiger partial charge in [0.15, 0.2) is 5.69 Å². The Morgan fingerprint density at radius 2 is 2.25 bits per heavy atom. The van der Waals surface area contributed by atoms with Crippen molar-refractivity contribution in [1.82, 2.24) is 35.0 Å². The molecular formula is C15H23N7O2. The SMILES string of the molecule is CCn1cc(C(=O)NC[C@@H]2OCCN(C)[C@H]2c2cnn(C)c2)nn1. The molecule has 130 valence electrons. The van der Waals surface area contributed by atoms with E-state index in [0.717, 1.165) is 12.1 Å². The largest absolute Gasteiger partial charge is 0.373 e. The van der Waals surface area contributed by atoms with Crippen LogP contribution in [0.1, 0.15) is 29.0 Å². The van der Waals surface area contributed by atoms with Gasteiger partial charge in [-0.15, -0.1) is 5.10 Å². The molecule has 3 heterocycles. The Morgan fingerprint density at radius 3 is 2.92 bits per heavy atom. The maximum absolute atomic E-state index is 12.2. The summed E-state index contributed by atoms with van der Waals surface area (Å²) >= 11 is 0. The van der Waals surface area contributed by atoms with E-state index in [1.807, 2.05) is 26.4 Å². The molecule has 0 aliphatic carbocycles. The van der Waals surface area contributed by atoms with Gasteiger partial charge in [0.25, 0.3) is 5.91 Å². The lowest BCUT2D eigenvalue weighted by molar-refractivity contribution is -0.0605. The Morgan fingerprint density at radius 1 is 1.42 bits per heavy atom. The molecule has 2 atom stereocenters. The predicted octanol–water partition coefficient (Wildman–Crippen LogP) is -0.167. The van der Waals surface area contributed by atoms with Crippen LogP contribution in [0, 0.1) is 0 Å². The van der Waals surface area contributed by atoms with Crippen LogP contribution in [0.5, 0.6) is 0 Å². The Bertz CT molecular complexity index is 696. The Balaban J connectivity index is 1.66. The zero-order valence-corrected chi connectivity index (χ0v) is 14.2. The fraction of sp³-hybridized carbons (Fsp3) is 0.600. The predicted molar refractivity (Wildman–Crippen MR) is 86.3 cm³/mol. The minimum absolute atomic E-state index is 0.0547. The van der Waals surface area contributed by atoms with Crippen molar-refractivity contribution < 1.29 is 9.53 Å². The number of nitrogens with one attached hydrogen (secondary N) is 1. The average Bonchev–Trinajstić information content (AvgIpc) is 3.21. The molecule has 0 radical (unpaired) electrons. The molecule has 1 N–H and O–H groups in total. The molecule has 0 aromatic carbocycles. The van der Waals surface area contributed by atoms with E-state index in [2.05, 4.69) is 32.7 Å². The van der Waals surface area contributed by atoms with Crippen molar-refractivity contribution in [3.63, 3.8) is 0 Å². The third kappa shape index (κ3) is 3.46. The first-order chi connectivity index (χ1) is 11.6. The molecule has 1 saturated heterocycles. The van der Waals surface area contributed by atoms with Gasteiger partial charge in [-0.1, -0.05) is 5.21 Å². The number of rotatable bonds is 5. The second-order valence-electron chi connectivity index (χ2n) is 5.95. The van der Waals surface area contributed by atoms with E-state index in [1.54, 1.807) is 15.6 Å². The number of carbonyl (C=O) groups excluding carboxylic acids is 1. The third-order valence-corrected chi connectivity index (χ3v) is 4.23. The van der Waals surface area contributed by atoms with Gasteiger partial charge in [-0.25, -0.2) is 0 Å².